The maximum atomic E-state index is 14.4. The molecule has 0 radical (unpaired) electrons. The quantitative estimate of drug-likeness (QED) is 0.767. The van der Waals surface area contributed by atoms with E-state index in [-0.39, 0.29) is 23.9 Å². The normalized spacial score (nSPS) is 19.5. The Hall–Kier alpha value is -1.44. The third kappa shape index (κ3) is 4.10. The van der Waals surface area contributed by atoms with Crippen molar-refractivity contribution in [3.8, 4) is 5.75 Å². The smallest absolute Gasteiger partial charge is 0.252 e. The molecule has 3 rings (SSSR count). The van der Waals surface area contributed by atoms with Crippen molar-refractivity contribution in [3.63, 3.8) is 0 Å². The first-order valence-corrected chi connectivity index (χ1v) is 11.0. The third-order valence-electron chi connectivity index (χ3n) is 4.48. The topological polar surface area (TPSA) is 46.6 Å². The van der Waals surface area contributed by atoms with Crippen molar-refractivity contribution >= 4 is 21.4 Å². The standard InChI is InChI=1S/C19H24FNO3S2/c1-19(2,3)16-9-8-14(12-17(16)20)24-15-6-4-10-21(13-15)26(22,23)18-7-5-11-25-18/h5,7-9,11-12,15H,4,6,10,13H2,1-3H3. The maximum absolute atomic E-state index is 14.4. The highest BCUT2D eigenvalue weighted by atomic mass is 32.2. The van der Waals surface area contributed by atoms with Crippen LogP contribution in [0.1, 0.15) is 39.2 Å². The number of hydrogen-bond donors (Lipinski definition) is 0. The summed E-state index contributed by atoms with van der Waals surface area (Å²) in [4.78, 5) is 0. The van der Waals surface area contributed by atoms with Gasteiger partial charge in [-0.2, -0.15) is 4.31 Å². The number of hydrogen-bond acceptors (Lipinski definition) is 4. The number of rotatable bonds is 4. The number of halogens is 1. The minimum atomic E-state index is -3.48. The molecule has 0 N–H and O–H groups in total. The molecule has 4 nitrogen and oxygen atoms in total. The van der Waals surface area contributed by atoms with Gasteiger partial charge in [-0.3, -0.25) is 0 Å². The molecule has 1 aliphatic rings. The highest BCUT2D eigenvalue weighted by Crippen LogP contribution is 2.30. The summed E-state index contributed by atoms with van der Waals surface area (Å²) in [5.41, 5.74) is 0.356. The molecule has 1 fully saturated rings. The molecule has 2 heterocycles. The zero-order valence-electron chi connectivity index (χ0n) is 15.2. The SMILES string of the molecule is CC(C)(C)c1ccc(OC2CCCN(S(=O)(=O)c3cccs3)C2)cc1F. The fourth-order valence-electron chi connectivity index (χ4n) is 3.13. The molecular formula is C19H24FNO3S2. The number of thiophene rings is 1. The maximum Gasteiger partial charge on any atom is 0.252 e. The van der Waals surface area contributed by atoms with E-state index in [1.807, 2.05) is 20.8 Å². The molecule has 142 valence electrons. The lowest BCUT2D eigenvalue weighted by Gasteiger charge is -2.32. The fraction of sp³-hybridized carbons (Fsp3) is 0.474. The number of sulfonamides is 1. The molecule has 2 aromatic rings. The van der Waals surface area contributed by atoms with Crippen LogP contribution in [-0.4, -0.2) is 31.9 Å². The summed E-state index contributed by atoms with van der Waals surface area (Å²) in [5.74, 6) is 0.143. The van der Waals surface area contributed by atoms with Crippen molar-refractivity contribution in [1.82, 2.24) is 4.31 Å². The molecule has 1 aliphatic heterocycles. The van der Waals surface area contributed by atoms with Gasteiger partial charge in [-0.15, -0.1) is 11.3 Å². The lowest BCUT2D eigenvalue weighted by molar-refractivity contribution is 0.129. The molecule has 0 saturated carbocycles. The fourth-order valence-corrected chi connectivity index (χ4v) is 5.78. The van der Waals surface area contributed by atoms with E-state index in [9.17, 15) is 12.8 Å². The number of ether oxygens (including phenoxy) is 1. The van der Waals surface area contributed by atoms with Crippen LogP contribution < -0.4 is 4.74 Å². The number of nitrogens with zero attached hydrogens (tertiary/aromatic N) is 1. The Bertz CT molecular complexity index is 857. The monoisotopic (exact) mass is 397 g/mol. The predicted molar refractivity (Wildman–Crippen MR) is 102 cm³/mol. The van der Waals surface area contributed by atoms with Gasteiger partial charge in [-0.05, 0) is 41.3 Å². The third-order valence-corrected chi connectivity index (χ3v) is 7.72. The van der Waals surface area contributed by atoms with Gasteiger partial charge in [0.15, 0.2) is 0 Å². The van der Waals surface area contributed by atoms with Gasteiger partial charge in [0.1, 0.15) is 21.9 Å². The van der Waals surface area contributed by atoms with Crippen molar-refractivity contribution in [1.29, 1.82) is 0 Å². The highest BCUT2D eigenvalue weighted by molar-refractivity contribution is 7.91. The Morgan fingerprint density at radius 3 is 2.65 bits per heavy atom. The van der Waals surface area contributed by atoms with Gasteiger partial charge in [0.2, 0.25) is 0 Å². The Balaban J connectivity index is 1.72. The van der Waals surface area contributed by atoms with Crippen LogP contribution in [-0.2, 0) is 15.4 Å². The summed E-state index contributed by atoms with van der Waals surface area (Å²) in [7, 11) is -3.48. The molecule has 1 unspecified atom stereocenters. The van der Waals surface area contributed by atoms with E-state index in [1.54, 1.807) is 29.6 Å². The van der Waals surface area contributed by atoms with Gasteiger partial charge in [0.05, 0.1) is 6.54 Å². The first-order chi connectivity index (χ1) is 12.2. The van der Waals surface area contributed by atoms with Crippen molar-refractivity contribution in [3.05, 3.63) is 47.1 Å². The molecule has 1 saturated heterocycles. The van der Waals surface area contributed by atoms with Crippen LogP contribution in [0.25, 0.3) is 0 Å². The van der Waals surface area contributed by atoms with Crippen LogP contribution in [0.5, 0.6) is 5.75 Å². The Morgan fingerprint density at radius 1 is 1.27 bits per heavy atom. The molecule has 1 aromatic carbocycles. The zero-order valence-corrected chi connectivity index (χ0v) is 16.9. The van der Waals surface area contributed by atoms with Crippen LogP contribution in [0.4, 0.5) is 4.39 Å². The van der Waals surface area contributed by atoms with Crippen molar-refractivity contribution in [2.75, 3.05) is 13.1 Å². The second kappa shape index (κ2) is 7.29. The number of piperidine rings is 1. The Morgan fingerprint density at radius 2 is 2.04 bits per heavy atom. The van der Waals surface area contributed by atoms with E-state index in [4.69, 9.17) is 4.74 Å². The summed E-state index contributed by atoms with van der Waals surface area (Å²) in [6.07, 6.45) is 1.19. The van der Waals surface area contributed by atoms with Gasteiger partial charge >= 0.3 is 0 Å². The van der Waals surface area contributed by atoms with E-state index < -0.39 is 10.0 Å². The summed E-state index contributed by atoms with van der Waals surface area (Å²) in [5, 5.41) is 1.75. The Kier molecular flexibility index (Phi) is 5.42. The Labute approximate surface area is 158 Å². The van der Waals surface area contributed by atoms with Gasteiger partial charge in [-0.1, -0.05) is 32.9 Å². The van der Waals surface area contributed by atoms with Crippen LogP contribution in [0.3, 0.4) is 0 Å². The van der Waals surface area contributed by atoms with E-state index in [0.29, 0.717) is 22.1 Å². The summed E-state index contributed by atoms with van der Waals surface area (Å²) >= 11 is 1.21. The van der Waals surface area contributed by atoms with Crippen molar-refractivity contribution in [2.24, 2.45) is 0 Å². The van der Waals surface area contributed by atoms with Gasteiger partial charge in [0.25, 0.3) is 10.0 Å². The molecule has 1 aromatic heterocycles. The molecule has 0 amide bonds. The van der Waals surface area contributed by atoms with Crippen LogP contribution >= 0.6 is 11.3 Å². The lowest BCUT2D eigenvalue weighted by atomic mass is 9.86. The largest absolute Gasteiger partial charge is 0.489 e. The van der Waals surface area contributed by atoms with Gasteiger partial charge in [0, 0.05) is 12.6 Å². The molecule has 26 heavy (non-hydrogen) atoms. The second-order valence-electron chi connectivity index (χ2n) is 7.57. The molecule has 1 atom stereocenters. The van der Waals surface area contributed by atoms with E-state index in [1.165, 1.54) is 21.7 Å². The van der Waals surface area contributed by atoms with Crippen LogP contribution in [0.2, 0.25) is 0 Å². The van der Waals surface area contributed by atoms with Gasteiger partial charge in [-0.25, -0.2) is 12.8 Å². The number of benzene rings is 1. The molecule has 0 spiro atoms. The van der Waals surface area contributed by atoms with E-state index in [0.717, 1.165) is 12.8 Å². The molecule has 0 bridgehead atoms. The first kappa shape index (κ1) is 19.3. The molecule has 7 heteroatoms. The minimum absolute atomic E-state index is 0.279. The van der Waals surface area contributed by atoms with Crippen molar-refractivity contribution in [2.45, 2.75) is 49.3 Å². The van der Waals surface area contributed by atoms with Crippen LogP contribution in [0, 0.1) is 5.82 Å². The van der Waals surface area contributed by atoms with Crippen LogP contribution in [0.15, 0.2) is 39.9 Å². The lowest BCUT2D eigenvalue weighted by Crippen LogP contribution is -2.44. The second-order valence-corrected chi connectivity index (χ2v) is 10.7. The average molecular weight is 398 g/mol. The summed E-state index contributed by atoms with van der Waals surface area (Å²) < 4.78 is 47.4. The molecular weight excluding hydrogens is 373 g/mol. The first-order valence-electron chi connectivity index (χ1n) is 8.68. The summed E-state index contributed by atoms with van der Waals surface area (Å²) in [6, 6.07) is 8.25. The highest BCUT2D eigenvalue weighted by Gasteiger charge is 2.32. The molecule has 0 aliphatic carbocycles. The zero-order chi connectivity index (χ0) is 18.9. The minimum Gasteiger partial charge on any atom is -0.489 e. The van der Waals surface area contributed by atoms with Crippen molar-refractivity contribution < 1.29 is 17.5 Å². The predicted octanol–water partition coefficient (Wildman–Crippen LogP) is 4.42. The van der Waals surface area contributed by atoms with E-state index >= 15 is 0 Å². The average Bonchev–Trinajstić information content (AvgIpc) is 3.09. The van der Waals surface area contributed by atoms with E-state index in [2.05, 4.69) is 0 Å². The van der Waals surface area contributed by atoms with Gasteiger partial charge < -0.3 is 4.74 Å². The summed E-state index contributed by atoms with van der Waals surface area (Å²) in [6.45, 7) is 6.64.